The fraction of sp³-hybridized carbons (Fsp3) is 0.160. The molecule has 0 fully saturated rings. The van der Waals surface area contributed by atoms with Crippen LogP contribution in [0.1, 0.15) is 34.3 Å². The summed E-state index contributed by atoms with van der Waals surface area (Å²) in [6.45, 7) is 2.45. The Morgan fingerprint density at radius 3 is 2.47 bits per heavy atom. The highest BCUT2D eigenvalue weighted by atomic mass is 35.5. The molecule has 1 amide bonds. The van der Waals surface area contributed by atoms with Crippen molar-refractivity contribution in [1.82, 2.24) is 24.6 Å². The van der Waals surface area contributed by atoms with Crippen LogP contribution in [-0.2, 0) is 18.4 Å². The van der Waals surface area contributed by atoms with Crippen molar-refractivity contribution in [2.75, 3.05) is 0 Å². The van der Waals surface area contributed by atoms with Crippen molar-refractivity contribution in [2.24, 2.45) is 7.05 Å². The van der Waals surface area contributed by atoms with Crippen LogP contribution in [0.4, 0.5) is 0 Å². The summed E-state index contributed by atoms with van der Waals surface area (Å²) in [4.78, 5) is 17.2. The molecule has 4 aromatic rings. The van der Waals surface area contributed by atoms with Gasteiger partial charge in [-0.1, -0.05) is 72.3 Å². The fourth-order valence-electron chi connectivity index (χ4n) is 3.56. The smallest absolute Gasteiger partial charge is 0.244 e. The van der Waals surface area contributed by atoms with E-state index in [0.29, 0.717) is 11.7 Å². The van der Waals surface area contributed by atoms with Gasteiger partial charge in [-0.2, -0.15) is 5.10 Å². The number of carbonyl (C=O) groups excluding carboxylic acids is 1. The highest BCUT2D eigenvalue weighted by molar-refractivity contribution is 6.31. The Morgan fingerprint density at radius 2 is 1.81 bits per heavy atom. The molecule has 162 valence electrons. The van der Waals surface area contributed by atoms with Gasteiger partial charge in [-0.05, 0) is 24.1 Å². The van der Waals surface area contributed by atoms with E-state index in [2.05, 4.69) is 15.4 Å². The molecule has 0 radical (unpaired) electrons. The highest BCUT2D eigenvalue weighted by Gasteiger charge is 2.20. The van der Waals surface area contributed by atoms with Crippen LogP contribution in [0.15, 0.2) is 79.1 Å². The summed E-state index contributed by atoms with van der Waals surface area (Å²) in [7, 11) is 1.91. The average Bonchev–Trinajstić information content (AvgIpc) is 3.34. The van der Waals surface area contributed by atoms with E-state index in [1.54, 1.807) is 17.0 Å². The van der Waals surface area contributed by atoms with Gasteiger partial charge in [0.1, 0.15) is 17.0 Å². The molecule has 4 rings (SSSR count). The minimum atomic E-state index is -0.370. The third-order valence-corrected chi connectivity index (χ3v) is 5.62. The largest absolute Gasteiger partial charge is 0.339 e. The number of nitrogens with zero attached hydrogens (tertiary/aromatic N) is 4. The van der Waals surface area contributed by atoms with Crippen LogP contribution in [0, 0.1) is 6.92 Å². The molecular formula is C25H24ClN5O. The summed E-state index contributed by atoms with van der Waals surface area (Å²) < 4.78 is 3.64. The van der Waals surface area contributed by atoms with Crippen molar-refractivity contribution in [3.05, 3.63) is 112 Å². The predicted octanol–water partition coefficient (Wildman–Crippen LogP) is 4.55. The highest BCUT2D eigenvalue weighted by Crippen LogP contribution is 2.23. The normalized spacial score (nSPS) is 12.2. The van der Waals surface area contributed by atoms with Crippen molar-refractivity contribution >= 4 is 23.6 Å². The molecule has 0 bridgehead atoms. The first-order chi connectivity index (χ1) is 15.5. The van der Waals surface area contributed by atoms with Crippen molar-refractivity contribution in [3.8, 4) is 0 Å². The van der Waals surface area contributed by atoms with E-state index < -0.39 is 0 Å². The van der Waals surface area contributed by atoms with Crippen LogP contribution >= 0.6 is 11.6 Å². The van der Waals surface area contributed by atoms with Gasteiger partial charge in [-0.25, -0.2) is 9.67 Å². The maximum Gasteiger partial charge on any atom is 0.244 e. The number of aryl methyl sites for hydroxylation is 2. The number of aromatic nitrogens is 4. The third kappa shape index (κ3) is 4.81. The second-order valence-electron chi connectivity index (χ2n) is 7.52. The summed E-state index contributed by atoms with van der Waals surface area (Å²) in [5, 5.41) is 8.08. The first-order valence-corrected chi connectivity index (χ1v) is 10.7. The number of halogens is 1. The van der Waals surface area contributed by atoms with E-state index >= 15 is 0 Å². The molecule has 2 aromatic carbocycles. The van der Waals surface area contributed by atoms with E-state index in [1.807, 2.05) is 85.4 Å². The topological polar surface area (TPSA) is 64.7 Å². The van der Waals surface area contributed by atoms with Crippen LogP contribution in [0.2, 0.25) is 5.15 Å². The number of amides is 1. The summed E-state index contributed by atoms with van der Waals surface area (Å²) in [5.74, 6) is 0.510. The zero-order valence-electron chi connectivity index (χ0n) is 17.9. The van der Waals surface area contributed by atoms with Crippen molar-refractivity contribution < 1.29 is 4.79 Å². The van der Waals surface area contributed by atoms with Crippen LogP contribution in [-0.4, -0.2) is 25.2 Å². The van der Waals surface area contributed by atoms with E-state index in [9.17, 15) is 4.79 Å². The second kappa shape index (κ2) is 9.66. The van der Waals surface area contributed by atoms with Gasteiger partial charge in [-0.3, -0.25) is 4.79 Å². The van der Waals surface area contributed by atoms with Crippen molar-refractivity contribution in [3.63, 3.8) is 0 Å². The maximum absolute atomic E-state index is 12.8. The molecule has 7 heteroatoms. The Bertz CT molecular complexity index is 1230. The molecule has 0 aliphatic heterocycles. The number of benzene rings is 2. The van der Waals surface area contributed by atoms with Crippen LogP contribution < -0.4 is 5.32 Å². The van der Waals surface area contributed by atoms with E-state index in [-0.39, 0.29) is 11.9 Å². The molecule has 6 nitrogen and oxygen atoms in total. The SMILES string of the molecule is Cc1nn(Cc2ccccc2)c(Cl)c1/C=C/C(=O)NC(c1ccccc1)c1nccn1C. The number of hydrogen-bond acceptors (Lipinski definition) is 3. The number of rotatable bonds is 7. The van der Waals surface area contributed by atoms with Gasteiger partial charge in [0, 0.05) is 31.1 Å². The Balaban J connectivity index is 1.53. The van der Waals surface area contributed by atoms with Gasteiger partial charge in [0.05, 0.1) is 12.2 Å². The summed E-state index contributed by atoms with van der Waals surface area (Å²) in [6, 6.07) is 19.4. The molecule has 0 spiro atoms. The first kappa shape index (κ1) is 21.6. The van der Waals surface area contributed by atoms with Gasteiger partial charge >= 0.3 is 0 Å². The lowest BCUT2D eigenvalue weighted by atomic mass is 10.1. The number of hydrogen-bond donors (Lipinski definition) is 1. The van der Waals surface area contributed by atoms with Gasteiger partial charge in [0.2, 0.25) is 5.91 Å². The number of carbonyl (C=O) groups is 1. The Kier molecular flexibility index (Phi) is 6.52. The Morgan fingerprint density at radius 1 is 1.12 bits per heavy atom. The molecule has 32 heavy (non-hydrogen) atoms. The zero-order valence-corrected chi connectivity index (χ0v) is 18.7. The molecule has 0 saturated carbocycles. The number of imidazole rings is 1. The second-order valence-corrected chi connectivity index (χ2v) is 7.87. The van der Waals surface area contributed by atoms with E-state index in [4.69, 9.17) is 11.6 Å². The molecule has 0 aliphatic carbocycles. The molecule has 2 aromatic heterocycles. The third-order valence-electron chi connectivity index (χ3n) is 5.22. The molecule has 1 atom stereocenters. The summed E-state index contributed by atoms with van der Waals surface area (Å²) in [5.41, 5.74) is 3.55. The zero-order chi connectivity index (χ0) is 22.5. The lowest BCUT2D eigenvalue weighted by Crippen LogP contribution is -2.29. The predicted molar refractivity (Wildman–Crippen MR) is 126 cm³/mol. The van der Waals surface area contributed by atoms with Crippen molar-refractivity contribution in [1.29, 1.82) is 0 Å². The molecule has 1 N–H and O–H groups in total. The Labute approximate surface area is 192 Å². The summed E-state index contributed by atoms with van der Waals surface area (Å²) in [6.07, 6.45) is 6.78. The van der Waals surface area contributed by atoms with E-state index in [0.717, 1.165) is 28.2 Å². The lowest BCUT2D eigenvalue weighted by molar-refractivity contribution is -0.117. The molecule has 1 unspecified atom stereocenters. The van der Waals surface area contributed by atoms with Crippen LogP contribution in [0.25, 0.3) is 6.08 Å². The van der Waals surface area contributed by atoms with Gasteiger partial charge in [-0.15, -0.1) is 0 Å². The number of nitrogens with one attached hydrogen (secondary N) is 1. The van der Waals surface area contributed by atoms with Gasteiger partial charge in [0.15, 0.2) is 0 Å². The lowest BCUT2D eigenvalue weighted by Gasteiger charge is -2.18. The molecule has 0 aliphatic rings. The quantitative estimate of drug-likeness (QED) is 0.424. The van der Waals surface area contributed by atoms with E-state index in [1.165, 1.54) is 6.08 Å². The minimum absolute atomic E-state index is 0.242. The maximum atomic E-state index is 12.8. The summed E-state index contributed by atoms with van der Waals surface area (Å²) >= 11 is 6.57. The van der Waals surface area contributed by atoms with Crippen molar-refractivity contribution in [2.45, 2.75) is 19.5 Å². The molecular weight excluding hydrogens is 422 g/mol. The van der Waals surface area contributed by atoms with Crippen LogP contribution in [0.3, 0.4) is 0 Å². The minimum Gasteiger partial charge on any atom is -0.339 e. The standard InChI is InChI=1S/C25H24ClN5O/c1-18-21(24(26)31(29-18)17-19-9-5-3-6-10-19)13-14-22(32)28-23(20-11-7-4-8-12-20)25-27-15-16-30(25)2/h3-16,23H,17H2,1-2H3,(H,28,32)/b14-13+. The van der Waals surface area contributed by atoms with Gasteiger partial charge < -0.3 is 9.88 Å². The Hall–Kier alpha value is -3.64. The molecule has 2 heterocycles. The fourth-order valence-corrected chi connectivity index (χ4v) is 3.86. The first-order valence-electron chi connectivity index (χ1n) is 10.3. The van der Waals surface area contributed by atoms with Crippen LogP contribution in [0.5, 0.6) is 0 Å². The van der Waals surface area contributed by atoms with Gasteiger partial charge in [0.25, 0.3) is 0 Å². The monoisotopic (exact) mass is 445 g/mol. The molecule has 0 saturated heterocycles. The average molecular weight is 446 g/mol.